The third kappa shape index (κ3) is 3.93. The van der Waals surface area contributed by atoms with E-state index in [4.69, 9.17) is 5.11 Å². The van der Waals surface area contributed by atoms with Crippen LogP contribution in [0.2, 0.25) is 0 Å². The van der Waals surface area contributed by atoms with Gasteiger partial charge in [0.15, 0.2) is 6.79 Å². The molecule has 1 N–H and O–H groups in total. The summed E-state index contributed by atoms with van der Waals surface area (Å²) in [6.07, 6.45) is 0. The second-order valence-corrected chi connectivity index (χ2v) is 5.34. The number of aliphatic hydroxyl groups excluding tert-OH is 1. The van der Waals surface area contributed by atoms with Gasteiger partial charge in [-0.15, -0.1) is 4.91 Å². The van der Waals surface area contributed by atoms with E-state index in [0.29, 0.717) is 0 Å². The van der Waals surface area contributed by atoms with Crippen molar-refractivity contribution in [2.24, 2.45) is 4.95 Å². The molecule has 0 saturated carbocycles. The number of nitrogens with zero attached hydrogens (tertiary/aromatic N) is 1. The van der Waals surface area contributed by atoms with Crippen LogP contribution in [0.4, 0.5) is 0 Å². The second kappa shape index (κ2) is 5.67. The molecule has 0 aromatic carbocycles. The van der Waals surface area contributed by atoms with E-state index in [1.54, 1.807) is 0 Å². The standard InChI is InChI=1S/C3H9NO8P2/c1-9-13(7,4-6)12-14(8,10-2)11-3-5/h5H,3H2,1-2H3. The minimum Gasteiger partial charge on any atom is -0.370 e. The smallest absolute Gasteiger partial charge is 0.370 e. The monoisotopic (exact) mass is 249 g/mol. The summed E-state index contributed by atoms with van der Waals surface area (Å²) in [6, 6.07) is 0. The van der Waals surface area contributed by atoms with E-state index in [2.05, 4.69) is 17.9 Å². The van der Waals surface area contributed by atoms with Gasteiger partial charge in [0, 0.05) is 19.2 Å². The van der Waals surface area contributed by atoms with Crippen LogP contribution in [-0.4, -0.2) is 26.1 Å². The van der Waals surface area contributed by atoms with Crippen LogP contribution in [0.1, 0.15) is 0 Å². The van der Waals surface area contributed by atoms with E-state index in [0.717, 1.165) is 14.2 Å². The summed E-state index contributed by atoms with van der Waals surface area (Å²) in [5.74, 6) is 0. The molecule has 0 fully saturated rings. The molecule has 0 rings (SSSR count). The van der Waals surface area contributed by atoms with Crippen molar-refractivity contribution in [1.29, 1.82) is 0 Å². The maximum Gasteiger partial charge on any atom is 0.498 e. The van der Waals surface area contributed by atoms with Gasteiger partial charge in [-0.25, -0.2) is 9.13 Å². The fourth-order valence-corrected chi connectivity index (χ4v) is 2.55. The zero-order valence-electron chi connectivity index (χ0n) is 7.35. The fraction of sp³-hybridized carbons (Fsp3) is 1.00. The highest BCUT2D eigenvalue weighted by molar-refractivity contribution is 7.64. The number of rotatable bonds is 7. The van der Waals surface area contributed by atoms with Gasteiger partial charge < -0.3 is 5.11 Å². The average Bonchev–Trinajstić information content (AvgIpc) is 2.18. The van der Waals surface area contributed by atoms with Gasteiger partial charge in [0.1, 0.15) is 0 Å². The number of hydrogen-bond donors (Lipinski definition) is 1. The summed E-state index contributed by atoms with van der Waals surface area (Å²) in [7, 11) is -6.92. The summed E-state index contributed by atoms with van der Waals surface area (Å²) in [6.45, 7) is -1.01. The fourth-order valence-electron chi connectivity index (χ4n) is 0.388. The van der Waals surface area contributed by atoms with E-state index in [9.17, 15) is 14.0 Å². The first-order chi connectivity index (χ1) is 6.45. The molecule has 0 aromatic heterocycles. The normalized spacial score (nSPS) is 19.6. The molecule has 0 aliphatic rings. The first-order valence-electron chi connectivity index (χ1n) is 3.08. The van der Waals surface area contributed by atoms with Crippen molar-refractivity contribution in [3.63, 3.8) is 0 Å². The van der Waals surface area contributed by atoms with Gasteiger partial charge in [-0.1, -0.05) is 0 Å². The van der Waals surface area contributed by atoms with Gasteiger partial charge in [-0.05, 0) is 0 Å². The maximum absolute atomic E-state index is 11.2. The van der Waals surface area contributed by atoms with Crippen LogP contribution in [0.15, 0.2) is 4.95 Å². The lowest BCUT2D eigenvalue weighted by atomic mass is 11.6. The van der Waals surface area contributed by atoms with Crippen molar-refractivity contribution in [1.82, 2.24) is 0 Å². The lowest BCUT2D eigenvalue weighted by molar-refractivity contribution is 0.0601. The Bertz CT molecular complexity index is 278. The third-order valence-electron chi connectivity index (χ3n) is 0.973. The van der Waals surface area contributed by atoms with Gasteiger partial charge in [0.2, 0.25) is 0 Å². The molecule has 0 aliphatic carbocycles. The van der Waals surface area contributed by atoms with Crippen LogP contribution in [0.3, 0.4) is 0 Å². The number of aliphatic hydroxyl groups is 1. The van der Waals surface area contributed by atoms with Crippen LogP contribution in [0, 0.1) is 4.91 Å². The summed E-state index contributed by atoms with van der Waals surface area (Å²) < 4.78 is 38.8. The van der Waals surface area contributed by atoms with E-state index in [1.807, 2.05) is 4.95 Å². The van der Waals surface area contributed by atoms with Gasteiger partial charge in [0.25, 0.3) is 0 Å². The molecule has 0 heterocycles. The van der Waals surface area contributed by atoms with Gasteiger partial charge in [-0.3, -0.25) is 13.6 Å². The molecule has 14 heavy (non-hydrogen) atoms. The highest BCUT2D eigenvalue weighted by Gasteiger charge is 2.39. The molecule has 2 unspecified atom stereocenters. The van der Waals surface area contributed by atoms with Crippen LogP contribution >= 0.6 is 15.6 Å². The Kier molecular flexibility index (Phi) is 5.61. The Hall–Kier alpha value is -0.140. The molecule has 0 bridgehead atoms. The van der Waals surface area contributed by atoms with Crippen molar-refractivity contribution in [3.8, 4) is 0 Å². The molecule has 0 radical (unpaired) electrons. The Balaban J connectivity index is 4.68. The Morgan fingerprint density at radius 1 is 1.29 bits per heavy atom. The number of nitroso groups, excluding NO2 is 1. The minimum absolute atomic E-state index is 0.862. The number of hydrogen-bond acceptors (Lipinski definition) is 8. The lowest BCUT2D eigenvalue weighted by Crippen LogP contribution is -1.97. The average molecular weight is 249 g/mol. The largest absolute Gasteiger partial charge is 0.498 e. The van der Waals surface area contributed by atoms with Crippen molar-refractivity contribution in [2.75, 3.05) is 21.0 Å². The molecular weight excluding hydrogens is 240 g/mol. The summed E-state index contributed by atoms with van der Waals surface area (Å²) in [5.41, 5.74) is 0. The van der Waals surface area contributed by atoms with E-state index in [-0.39, 0.29) is 0 Å². The molecule has 11 heteroatoms. The number of phosphoric acid groups is 1. The molecule has 9 nitrogen and oxygen atoms in total. The van der Waals surface area contributed by atoms with Gasteiger partial charge in [0.05, 0.1) is 0 Å². The summed E-state index contributed by atoms with van der Waals surface area (Å²) in [5, 5.41) is 8.28. The Morgan fingerprint density at radius 3 is 2.14 bits per heavy atom. The lowest BCUT2D eigenvalue weighted by Gasteiger charge is -2.15. The highest BCUT2D eigenvalue weighted by Crippen LogP contribution is 2.65. The summed E-state index contributed by atoms with van der Waals surface area (Å²) in [4.78, 5) is 12.0. The first kappa shape index (κ1) is 13.9. The van der Waals surface area contributed by atoms with Crippen molar-refractivity contribution in [3.05, 3.63) is 4.91 Å². The Labute approximate surface area is 79.5 Å². The van der Waals surface area contributed by atoms with Crippen LogP contribution in [0.25, 0.3) is 0 Å². The van der Waals surface area contributed by atoms with Crippen LogP contribution in [0.5, 0.6) is 0 Å². The molecule has 0 amide bonds. The molecular formula is C3H9NO8P2. The van der Waals surface area contributed by atoms with E-state index < -0.39 is 22.4 Å². The highest BCUT2D eigenvalue weighted by atomic mass is 31.3. The van der Waals surface area contributed by atoms with Crippen LogP contribution in [-0.2, 0) is 27.0 Å². The zero-order chi connectivity index (χ0) is 11.2. The van der Waals surface area contributed by atoms with Crippen LogP contribution < -0.4 is 0 Å². The molecule has 0 saturated heterocycles. The van der Waals surface area contributed by atoms with Gasteiger partial charge >= 0.3 is 15.6 Å². The second-order valence-electron chi connectivity index (χ2n) is 1.70. The van der Waals surface area contributed by atoms with Crippen molar-refractivity contribution in [2.45, 2.75) is 0 Å². The summed E-state index contributed by atoms with van der Waals surface area (Å²) >= 11 is 0. The molecule has 0 aromatic rings. The quantitative estimate of drug-likeness (QED) is 0.406. The zero-order valence-corrected chi connectivity index (χ0v) is 9.14. The third-order valence-corrected chi connectivity index (χ3v) is 4.14. The predicted molar refractivity (Wildman–Crippen MR) is 44.3 cm³/mol. The molecule has 0 spiro atoms. The number of phosphoric ester groups is 1. The molecule has 2 atom stereocenters. The predicted octanol–water partition coefficient (Wildman–Crippen LogP) is 1.24. The van der Waals surface area contributed by atoms with Gasteiger partial charge in [-0.2, -0.15) is 4.31 Å². The Morgan fingerprint density at radius 2 is 1.86 bits per heavy atom. The molecule has 84 valence electrons. The topological polar surface area (TPSA) is 121 Å². The van der Waals surface area contributed by atoms with E-state index >= 15 is 0 Å². The van der Waals surface area contributed by atoms with E-state index in [1.165, 1.54) is 0 Å². The molecule has 0 aliphatic heterocycles. The maximum atomic E-state index is 11.2. The van der Waals surface area contributed by atoms with Crippen molar-refractivity contribution < 1.29 is 32.1 Å². The minimum atomic E-state index is -4.40. The van der Waals surface area contributed by atoms with Crippen molar-refractivity contribution >= 4 is 15.6 Å². The SMILES string of the molecule is COP(=O)(N=O)OP(=O)(OC)OCO. The first-order valence-corrected chi connectivity index (χ1v) is 6.04.